The first-order valence-corrected chi connectivity index (χ1v) is 14.8. The van der Waals surface area contributed by atoms with Crippen molar-refractivity contribution in [1.82, 2.24) is 19.9 Å². The van der Waals surface area contributed by atoms with Gasteiger partial charge in [-0.15, -0.1) is 6.58 Å². The Morgan fingerprint density at radius 2 is 1.93 bits per heavy atom. The predicted molar refractivity (Wildman–Crippen MR) is 175 cm³/mol. The standard InChI is InChI=1S/C35H47N5O2/c1-11-35(12-2)24(6)33(7,8)21-34(9,32(35)42)26-15-13-25(14-16-26)27-20-29(41)40-31(38-27)30(22(3)4)28(39-40)19-23(5)37-18-17-36-10/h11,13-18,20,24,32,36,39,42H,1,3,12,19,21H2,2,4-10H3/b18-17-,37-23?. The summed E-state index contributed by atoms with van der Waals surface area (Å²) < 4.78 is 1.48. The smallest absolute Gasteiger partial charge is 0.273 e. The Morgan fingerprint density at radius 3 is 2.50 bits per heavy atom. The van der Waals surface area contributed by atoms with Gasteiger partial charge < -0.3 is 10.4 Å². The summed E-state index contributed by atoms with van der Waals surface area (Å²) in [6.07, 6.45) is 7.09. The van der Waals surface area contributed by atoms with Gasteiger partial charge in [0.25, 0.3) is 5.56 Å². The predicted octanol–water partition coefficient (Wildman–Crippen LogP) is 6.68. The van der Waals surface area contributed by atoms with E-state index in [1.165, 1.54) is 4.52 Å². The Kier molecular flexibility index (Phi) is 8.57. The Balaban J connectivity index is 1.76. The molecule has 1 saturated carbocycles. The maximum Gasteiger partial charge on any atom is 0.273 e. The highest BCUT2D eigenvalue weighted by Crippen LogP contribution is 2.60. The number of aromatic nitrogens is 3. The van der Waals surface area contributed by atoms with Crippen molar-refractivity contribution < 1.29 is 5.11 Å². The van der Waals surface area contributed by atoms with Crippen molar-refractivity contribution in [1.29, 1.82) is 0 Å². The summed E-state index contributed by atoms with van der Waals surface area (Å²) in [7, 11) is 1.82. The highest BCUT2D eigenvalue weighted by molar-refractivity contribution is 5.87. The molecule has 0 bridgehead atoms. The van der Waals surface area contributed by atoms with E-state index in [1.807, 2.05) is 39.1 Å². The molecule has 1 fully saturated rings. The minimum Gasteiger partial charge on any atom is -0.393 e. The fourth-order valence-corrected chi connectivity index (χ4v) is 7.32. The van der Waals surface area contributed by atoms with Crippen LogP contribution < -0.4 is 10.9 Å². The van der Waals surface area contributed by atoms with Gasteiger partial charge in [-0.05, 0) is 49.2 Å². The SMILES string of the molecule is C=CC1(CC)C(C)C(C)(C)CC(C)(c2ccc(-c3cc(=O)n4[nH]c(CC(C)=N/C=C\NC)c(C(=C)C)c4n3)cc2)C1O. The van der Waals surface area contributed by atoms with Crippen LogP contribution in [0.2, 0.25) is 0 Å². The number of benzene rings is 1. The molecule has 3 aromatic rings. The monoisotopic (exact) mass is 569 g/mol. The van der Waals surface area contributed by atoms with Crippen LogP contribution in [0.15, 0.2) is 71.8 Å². The maximum atomic E-state index is 13.3. The molecule has 1 aliphatic carbocycles. The molecule has 2 heterocycles. The molecule has 7 nitrogen and oxygen atoms in total. The van der Waals surface area contributed by atoms with Gasteiger partial charge in [-0.1, -0.05) is 71.5 Å². The number of fused-ring (bicyclic) bond motifs is 1. The topological polar surface area (TPSA) is 94.8 Å². The highest BCUT2D eigenvalue weighted by Gasteiger charge is 2.58. The lowest BCUT2D eigenvalue weighted by atomic mass is 9.46. The molecule has 2 aromatic heterocycles. The Bertz CT molecular complexity index is 1610. The molecule has 1 aromatic carbocycles. The van der Waals surface area contributed by atoms with Crippen molar-refractivity contribution in [2.75, 3.05) is 7.05 Å². The third-order valence-corrected chi connectivity index (χ3v) is 9.83. The first-order valence-electron chi connectivity index (χ1n) is 14.8. The molecule has 0 aliphatic heterocycles. The molecule has 42 heavy (non-hydrogen) atoms. The van der Waals surface area contributed by atoms with E-state index >= 15 is 0 Å². The van der Waals surface area contributed by atoms with Crippen LogP contribution in [0.1, 0.15) is 78.1 Å². The highest BCUT2D eigenvalue weighted by atomic mass is 16.3. The van der Waals surface area contributed by atoms with Crippen LogP contribution in [0.4, 0.5) is 0 Å². The van der Waals surface area contributed by atoms with Crippen LogP contribution in [0.3, 0.4) is 0 Å². The molecular weight excluding hydrogens is 522 g/mol. The lowest BCUT2D eigenvalue weighted by Crippen LogP contribution is -2.60. The Hall–Kier alpha value is -3.71. The van der Waals surface area contributed by atoms with Crippen LogP contribution in [0.25, 0.3) is 22.5 Å². The molecule has 4 unspecified atom stereocenters. The Labute approximate surface area is 250 Å². The number of rotatable bonds is 9. The largest absolute Gasteiger partial charge is 0.393 e. The number of hydrogen-bond acceptors (Lipinski definition) is 5. The van der Waals surface area contributed by atoms with Crippen LogP contribution in [0, 0.1) is 16.7 Å². The van der Waals surface area contributed by atoms with E-state index in [0.29, 0.717) is 17.8 Å². The number of hydrogen-bond donors (Lipinski definition) is 3. The summed E-state index contributed by atoms with van der Waals surface area (Å²) >= 11 is 0. The van der Waals surface area contributed by atoms with Gasteiger partial charge in [0.2, 0.25) is 0 Å². The maximum absolute atomic E-state index is 13.3. The average Bonchev–Trinajstić information content (AvgIpc) is 3.31. The number of nitrogens with one attached hydrogen (secondary N) is 2. The number of aromatic amines is 1. The molecule has 7 heteroatoms. The molecule has 224 valence electrons. The van der Waals surface area contributed by atoms with Crippen molar-refractivity contribution in [3.8, 4) is 11.3 Å². The van der Waals surface area contributed by atoms with E-state index in [9.17, 15) is 9.90 Å². The third-order valence-electron chi connectivity index (χ3n) is 9.83. The molecule has 4 rings (SSSR count). The molecule has 4 atom stereocenters. The number of H-pyrrole nitrogens is 1. The lowest BCUT2D eigenvalue weighted by molar-refractivity contribution is -0.123. The second kappa shape index (κ2) is 11.5. The van der Waals surface area contributed by atoms with Crippen molar-refractivity contribution >= 4 is 16.9 Å². The van der Waals surface area contributed by atoms with Crippen molar-refractivity contribution in [3.63, 3.8) is 0 Å². The van der Waals surface area contributed by atoms with Gasteiger partial charge in [-0.25, -0.2) is 9.50 Å². The quantitative estimate of drug-likeness (QED) is 0.198. The van der Waals surface area contributed by atoms with Crippen molar-refractivity contribution in [2.45, 2.75) is 79.2 Å². The van der Waals surface area contributed by atoms with Crippen molar-refractivity contribution in [2.24, 2.45) is 21.7 Å². The summed E-state index contributed by atoms with van der Waals surface area (Å²) in [6, 6.07) is 9.74. The Morgan fingerprint density at radius 1 is 1.26 bits per heavy atom. The van der Waals surface area contributed by atoms with Crippen LogP contribution >= 0.6 is 0 Å². The zero-order chi connectivity index (χ0) is 31.0. The van der Waals surface area contributed by atoms with Gasteiger partial charge in [0, 0.05) is 65.3 Å². The molecule has 0 amide bonds. The summed E-state index contributed by atoms with van der Waals surface area (Å²) in [6.45, 7) is 23.4. The van der Waals surface area contributed by atoms with Gasteiger partial charge in [0.05, 0.1) is 11.8 Å². The number of aliphatic hydroxyl groups is 1. The van der Waals surface area contributed by atoms with E-state index in [0.717, 1.165) is 46.5 Å². The first kappa shape index (κ1) is 31.2. The van der Waals surface area contributed by atoms with Gasteiger partial charge in [-0.2, -0.15) is 0 Å². The number of aliphatic imine (C=N–C) groups is 1. The minimum absolute atomic E-state index is 0.00923. The average molecular weight is 570 g/mol. The second-order valence-electron chi connectivity index (χ2n) is 13.0. The van der Waals surface area contributed by atoms with E-state index in [4.69, 9.17) is 4.98 Å². The third kappa shape index (κ3) is 5.19. The summed E-state index contributed by atoms with van der Waals surface area (Å²) in [5.74, 6) is 0.285. The lowest BCUT2D eigenvalue weighted by Gasteiger charge is -2.60. The van der Waals surface area contributed by atoms with Crippen LogP contribution in [-0.2, 0) is 11.8 Å². The molecule has 3 N–H and O–H groups in total. The molecule has 0 radical (unpaired) electrons. The fourth-order valence-electron chi connectivity index (χ4n) is 7.32. The van der Waals surface area contributed by atoms with Gasteiger partial charge in [0.1, 0.15) is 0 Å². The van der Waals surface area contributed by atoms with E-state index in [-0.39, 0.29) is 22.3 Å². The van der Waals surface area contributed by atoms with Crippen LogP contribution in [-0.4, -0.2) is 38.6 Å². The summed E-state index contributed by atoms with van der Waals surface area (Å²) in [5, 5.41) is 18.0. The second-order valence-corrected chi connectivity index (χ2v) is 13.0. The zero-order valence-corrected chi connectivity index (χ0v) is 26.5. The molecule has 0 saturated heterocycles. The molecular formula is C35H47N5O2. The first-order chi connectivity index (χ1) is 19.8. The molecule has 0 spiro atoms. The zero-order valence-electron chi connectivity index (χ0n) is 26.5. The van der Waals surface area contributed by atoms with E-state index in [1.54, 1.807) is 18.5 Å². The van der Waals surface area contributed by atoms with Gasteiger partial charge >= 0.3 is 0 Å². The number of aliphatic hydroxyl groups excluding tert-OH is 1. The van der Waals surface area contributed by atoms with Crippen molar-refractivity contribution in [3.05, 3.63) is 89.1 Å². The minimum atomic E-state index is -0.572. The summed E-state index contributed by atoms with van der Waals surface area (Å²) in [5.41, 5.74) is 5.42. The summed E-state index contributed by atoms with van der Waals surface area (Å²) in [4.78, 5) is 22.7. The normalized spacial score (nSPS) is 26.1. The van der Waals surface area contributed by atoms with E-state index in [2.05, 4.69) is 75.3 Å². The number of allylic oxidation sites excluding steroid dienone is 1. The van der Waals surface area contributed by atoms with E-state index < -0.39 is 11.5 Å². The molecule has 1 aliphatic rings. The van der Waals surface area contributed by atoms with Gasteiger partial charge in [0.15, 0.2) is 5.65 Å². The van der Waals surface area contributed by atoms with Gasteiger partial charge in [-0.3, -0.25) is 14.9 Å². The fraction of sp³-hybridized carbons (Fsp3) is 0.457. The van der Waals surface area contributed by atoms with Crippen LogP contribution in [0.5, 0.6) is 0 Å². The number of nitrogens with zero attached hydrogens (tertiary/aromatic N) is 3.